The summed E-state index contributed by atoms with van der Waals surface area (Å²) in [7, 11) is 1.62. The molecular formula is C16H17ClFNO. The molecule has 2 aromatic carbocycles. The van der Waals surface area contributed by atoms with Crippen LogP contribution in [-0.2, 0) is 6.42 Å². The number of nitrogens with two attached hydrogens (primary N) is 1. The number of hydrogen-bond donors (Lipinski definition) is 1. The van der Waals surface area contributed by atoms with E-state index in [0.717, 1.165) is 16.9 Å². The lowest BCUT2D eigenvalue weighted by atomic mass is 9.98. The third-order valence-corrected chi connectivity index (χ3v) is 3.55. The summed E-state index contributed by atoms with van der Waals surface area (Å²) in [5.74, 6) is 0.460. The number of methoxy groups -OCH3 is 1. The third kappa shape index (κ3) is 3.30. The SMILES string of the molecule is COc1cc(C(N)Cc2ccc(Cl)cc2F)ccc1C. The van der Waals surface area contributed by atoms with Crippen LogP contribution in [0, 0.1) is 12.7 Å². The quantitative estimate of drug-likeness (QED) is 0.923. The summed E-state index contributed by atoms with van der Waals surface area (Å²) in [6.07, 6.45) is 0.412. The van der Waals surface area contributed by atoms with Gasteiger partial charge in [0.2, 0.25) is 0 Å². The molecular weight excluding hydrogens is 277 g/mol. The van der Waals surface area contributed by atoms with E-state index in [9.17, 15) is 4.39 Å². The van der Waals surface area contributed by atoms with Gasteiger partial charge in [-0.2, -0.15) is 0 Å². The summed E-state index contributed by atoms with van der Waals surface area (Å²) < 4.78 is 19.0. The van der Waals surface area contributed by atoms with E-state index in [1.165, 1.54) is 6.07 Å². The van der Waals surface area contributed by atoms with Crippen molar-refractivity contribution in [2.75, 3.05) is 7.11 Å². The Morgan fingerprint density at radius 2 is 2.00 bits per heavy atom. The van der Waals surface area contributed by atoms with Gasteiger partial charge in [0.25, 0.3) is 0 Å². The summed E-state index contributed by atoms with van der Waals surface area (Å²) in [6, 6.07) is 10.1. The predicted octanol–water partition coefficient (Wildman–Crippen LogP) is 4.04. The number of aryl methyl sites for hydroxylation is 1. The maximum absolute atomic E-state index is 13.8. The smallest absolute Gasteiger partial charge is 0.127 e. The molecule has 0 aliphatic heterocycles. The van der Waals surface area contributed by atoms with Crippen molar-refractivity contribution in [2.24, 2.45) is 5.73 Å². The van der Waals surface area contributed by atoms with Gasteiger partial charge in [-0.15, -0.1) is 0 Å². The van der Waals surface area contributed by atoms with Gasteiger partial charge in [0.05, 0.1) is 7.11 Å². The number of rotatable bonds is 4. The van der Waals surface area contributed by atoms with E-state index in [4.69, 9.17) is 22.1 Å². The van der Waals surface area contributed by atoms with Crippen LogP contribution in [0.5, 0.6) is 5.75 Å². The number of hydrogen-bond acceptors (Lipinski definition) is 2. The van der Waals surface area contributed by atoms with Gasteiger partial charge in [-0.25, -0.2) is 4.39 Å². The molecule has 2 N–H and O–H groups in total. The Balaban J connectivity index is 2.21. The highest BCUT2D eigenvalue weighted by atomic mass is 35.5. The predicted molar refractivity (Wildman–Crippen MR) is 79.8 cm³/mol. The van der Waals surface area contributed by atoms with Crippen LogP contribution < -0.4 is 10.5 Å². The second-order valence-electron chi connectivity index (χ2n) is 4.78. The third-order valence-electron chi connectivity index (χ3n) is 3.32. The Labute approximate surface area is 123 Å². The van der Waals surface area contributed by atoms with E-state index in [2.05, 4.69) is 0 Å². The highest BCUT2D eigenvalue weighted by molar-refractivity contribution is 6.30. The van der Waals surface area contributed by atoms with Gasteiger partial charge in [-0.3, -0.25) is 0 Å². The first-order valence-corrected chi connectivity index (χ1v) is 6.73. The average molecular weight is 294 g/mol. The van der Waals surface area contributed by atoms with E-state index in [0.29, 0.717) is 17.0 Å². The van der Waals surface area contributed by atoms with Gasteiger partial charge in [0, 0.05) is 11.1 Å². The van der Waals surface area contributed by atoms with Crippen LogP contribution in [0.2, 0.25) is 5.02 Å². The Morgan fingerprint density at radius 3 is 2.65 bits per heavy atom. The van der Waals surface area contributed by atoms with Crippen molar-refractivity contribution in [3.8, 4) is 5.75 Å². The van der Waals surface area contributed by atoms with E-state index < -0.39 is 0 Å². The molecule has 0 amide bonds. The van der Waals surface area contributed by atoms with Crippen LogP contribution in [0.1, 0.15) is 22.7 Å². The van der Waals surface area contributed by atoms with Crippen LogP contribution in [0.25, 0.3) is 0 Å². The second-order valence-corrected chi connectivity index (χ2v) is 5.21. The zero-order chi connectivity index (χ0) is 14.7. The van der Waals surface area contributed by atoms with E-state index in [-0.39, 0.29) is 11.9 Å². The van der Waals surface area contributed by atoms with Gasteiger partial charge in [-0.1, -0.05) is 29.8 Å². The lowest BCUT2D eigenvalue weighted by molar-refractivity contribution is 0.410. The van der Waals surface area contributed by atoms with E-state index >= 15 is 0 Å². The van der Waals surface area contributed by atoms with Crippen LogP contribution >= 0.6 is 11.6 Å². The fraction of sp³-hybridized carbons (Fsp3) is 0.250. The van der Waals surface area contributed by atoms with Gasteiger partial charge in [0.15, 0.2) is 0 Å². The molecule has 1 atom stereocenters. The highest BCUT2D eigenvalue weighted by Gasteiger charge is 2.12. The molecule has 0 heterocycles. The first-order valence-electron chi connectivity index (χ1n) is 6.35. The molecule has 2 aromatic rings. The minimum atomic E-state index is -0.327. The average Bonchev–Trinajstić information content (AvgIpc) is 2.42. The number of benzene rings is 2. The lowest BCUT2D eigenvalue weighted by Gasteiger charge is -2.15. The number of ether oxygens (including phenoxy) is 1. The fourth-order valence-electron chi connectivity index (χ4n) is 2.11. The van der Waals surface area contributed by atoms with Crippen LogP contribution in [-0.4, -0.2) is 7.11 Å². The maximum Gasteiger partial charge on any atom is 0.127 e. The monoisotopic (exact) mass is 293 g/mol. The zero-order valence-corrected chi connectivity index (χ0v) is 12.2. The number of halogens is 2. The molecule has 0 aromatic heterocycles. The molecule has 0 saturated heterocycles. The molecule has 0 aliphatic carbocycles. The van der Waals surface area contributed by atoms with Crippen molar-refractivity contribution < 1.29 is 9.13 Å². The van der Waals surface area contributed by atoms with Gasteiger partial charge < -0.3 is 10.5 Å². The summed E-state index contributed by atoms with van der Waals surface area (Å²) >= 11 is 5.74. The Morgan fingerprint density at radius 1 is 1.25 bits per heavy atom. The molecule has 0 aliphatic rings. The first kappa shape index (κ1) is 14.8. The molecule has 0 spiro atoms. The van der Waals surface area contributed by atoms with Crippen LogP contribution in [0.15, 0.2) is 36.4 Å². The standard InChI is InChI=1S/C16H17ClFNO/c1-10-3-4-12(8-16(10)20-2)15(19)7-11-5-6-13(17)9-14(11)18/h3-6,8-9,15H,7,19H2,1-2H3. The molecule has 0 bridgehead atoms. The summed E-state index contributed by atoms with van der Waals surface area (Å²) in [5.41, 5.74) is 8.67. The van der Waals surface area contributed by atoms with Crippen molar-refractivity contribution in [3.63, 3.8) is 0 Å². The van der Waals surface area contributed by atoms with Crippen molar-refractivity contribution >= 4 is 11.6 Å². The summed E-state index contributed by atoms with van der Waals surface area (Å²) in [6.45, 7) is 1.97. The second kappa shape index (κ2) is 6.25. The van der Waals surface area contributed by atoms with Crippen molar-refractivity contribution in [2.45, 2.75) is 19.4 Å². The highest BCUT2D eigenvalue weighted by Crippen LogP contribution is 2.25. The minimum absolute atomic E-state index is 0.292. The topological polar surface area (TPSA) is 35.2 Å². The molecule has 4 heteroatoms. The fourth-order valence-corrected chi connectivity index (χ4v) is 2.27. The Bertz CT molecular complexity index is 615. The lowest BCUT2D eigenvalue weighted by Crippen LogP contribution is -2.14. The Hall–Kier alpha value is -1.58. The molecule has 1 unspecified atom stereocenters. The van der Waals surface area contributed by atoms with Gasteiger partial charge >= 0.3 is 0 Å². The van der Waals surface area contributed by atoms with Crippen molar-refractivity contribution in [1.82, 2.24) is 0 Å². The molecule has 0 saturated carbocycles. The minimum Gasteiger partial charge on any atom is -0.496 e. The van der Waals surface area contributed by atoms with Gasteiger partial charge in [-0.05, 0) is 48.2 Å². The van der Waals surface area contributed by atoms with Gasteiger partial charge in [0.1, 0.15) is 11.6 Å². The summed E-state index contributed by atoms with van der Waals surface area (Å²) in [4.78, 5) is 0. The molecule has 0 fully saturated rings. The Kier molecular flexibility index (Phi) is 4.63. The molecule has 2 nitrogen and oxygen atoms in total. The van der Waals surface area contributed by atoms with E-state index in [1.54, 1.807) is 19.2 Å². The van der Waals surface area contributed by atoms with Crippen molar-refractivity contribution in [3.05, 3.63) is 63.9 Å². The van der Waals surface area contributed by atoms with Crippen molar-refractivity contribution in [1.29, 1.82) is 0 Å². The summed E-state index contributed by atoms with van der Waals surface area (Å²) in [5, 5.41) is 0.386. The molecule has 0 radical (unpaired) electrons. The maximum atomic E-state index is 13.8. The normalized spacial score (nSPS) is 12.2. The molecule has 2 rings (SSSR count). The molecule has 20 heavy (non-hydrogen) atoms. The van der Waals surface area contributed by atoms with Crippen LogP contribution in [0.4, 0.5) is 4.39 Å². The van der Waals surface area contributed by atoms with E-state index in [1.807, 2.05) is 25.1 Å². The first-order chi connectivity index (χ1) is 9.51. The zero-order valence-electron chi connectivity index (χ0n) is 11.5. The van der Waals surface area contributed by atoms with Crippen LogP contribution in [0.3, 0.4) is 0 Å². The molecule has 106 valence electrons. The largest absolute Gasteiger partial charge is 0.496 e.